The largest absolute Gasteiger partial charge is 0.329 e. The number of aromatic amines is 1. The molecule has 0 aliphatic carbocycles. The van der Waals surface area contributed by atoms with Crippen molar-refractivity contribution in [2.45, 2.75) is 26.3 Å². The standard InChI is InChI=1S/C16H19N3S2/c1-3-21-9-8-11(2)19-15-12-6-4-5-7-13(12)17-10-14(15)18-16(19)20/h4-7,10-11H,3,8-9H2,1-2H3,(H,18,20). The van der Waals surface area contributed by atoms with Gasteiger partial charge in [-0.15, -0.1) is 0 Å². The Labute approximate surface area is 133 Å². The number of benzene rings is 1. The summed E-state index contributed by atoms with van der Waals surface area (Å²) in [6.07, 6.45) is 3.01. The number of pyridine rings is 1. The first kappa shape index (κ1) is 14.6. The van der Waals surface area contributed by atoms with Crippen molar-refractivity contribution < 1.29 is 0 Å². The molecule has 0 saturated carbocycles. The molecule has 3 nitrogen and oxygen atoms in total. The van der Waals surface area contributed by atoms with Gasteiger partial charge in [-0.25, -0.2) is 0 Å². The van der Waals surface area contributed by atoms with Crippen molar-refractivity contribution in [2.24, 2.45) is 0 Å². The Balaban J connectivity index is 2.15. The van der Waals surface area contributed by atoms with E-state index in [2.05, 4.69) is 40.5 Å². The van der Waals surface area contributed by atoms with Crippen molar-refractivity contribution >= 4 is 45.9 Å². The lowest BCUT2D eigenvalue weighted by molar-refractivity contribution is 0.544. The molecule has 0 spiro atoms. The zero-order chi connectivity index (χ0) is 14.8. The number of nitrogens with zero attached hydrogens (tertiary/aromatic N) is 2. The van der Waals surface area contributed by atoms with Crippen molar-refractivity contribution in [3.05, 3.63) is 35.2 Å². The fraction of sp³-hybridized carbons (Fsp3) is 0.375. The van der Waals surface area contributed by atoms with Gasteiger partial charge in [-0.3, -0.25) is 4.98 Å². The van der Waals surface area contributed by atoms with Crippen LogP contribution in [0, 0.1) is 4.77 Å². The van der Waals surface area contributed by atoms with Gasteiger partial charge < -0.3 is 9.55 Å². The molecular weight excluding hydrogens is 298 g/mol. The van der Waals surface area contributed by atoms with Crippen LogP contribution in [0.4, 0.5) is 0 Å². The van der Waals surface area contributed by atoms with E-state index in [1.54, 1.807) is 0 Å². The summed E-state index contributed by atoms with van der Waals surface area (Å²) in [7, 11) is 0. The molecule has 3 rings (SSSR count). The topological polar surface area (TPSA) is 33.6 Å². The van der Waals surface area contributed by atoms with Crippen LogP contribution in [0.5, 0.6) is 0 Å². The van der Waals surface area contributed by atoms with E-state index in [-0.39, 0.29) is 0 Å². The predicted molar refractivity (Wildman–Crippen MR) is 94.8 cm³/mol. The van der Waals surface area contributed by atoms with Crippen LogP contribution in [0.25, 0.3) is 21.9 Å². The van der Waals surface area contributed by atoms with Crippen LogP contribution in [0.3, 0.4) is 0 Å². The van der Waals surface area contributed by atoms with Gasteiger partial charge >= 0.3 is 0 Å². The molecule has 1 atom stereocenters. The predicted octanol–water partition coefficient (Wildman–Crippen LogP) is 4.95. The Morgan fingerprint density at radius 2 is 2.19 bits per heavy atom. The van der Waals surface area contributed by atoms with E-state index in [1.807, 2.05) is 30.1 Å². The average molecular weight is 317 g/mol. The number of rotatable bonds is 5. The van der Waals surface area contributed by atoms with E-state index >= 15 is 0 Å². The lowest BCUT2D eigenvalue weighted by Crippen LogP contribution is -2.06. The first-order chi connectivity index (χ1) is 10.2. The third-order valence-corrected chi connectivity index (χ3v) is 5.00. The summed E-state index contributed by atoms with van der Waals surface area (Å²) in [6, 6.07) is 8.63. The second-order valence-electron chi connectivity index (χ2n) is 5.17. The molecule has 0 fully saturated rings. The maximum Gasteiger partial charge on any atom is 0.178 e. The highest BCUT2D eigenvalue weighted by atomic mass is 32.2. The molecule has 110 valence electrons. The van der Waals surface area contributed by atoms with Crippen LogP contribution in [0.2, 0.25) is 0 Å². The van der Waals surface area contributed by atoms with Gasteiger partial charge in [0.25, 0.3) is 0 Å². The van der Waals surface area contributed by atoms with Gasteiger partial charge in [-0.1, -0.05) is 25.1 Å². The van der Waals surface area contributed by atoms with Crippen molar-refractivity contribution in [1.82, 2.24) is 14.5 Å². The van der Waals surface area contributed by atoms with Crippen LogP contribution >= 0.6 is 24.0 Å². The first-order valence-corrected chi connectivity index (χ1v) is 8.84. The molecule has 1 aromatic carbocycles. The molecule has 0 aliphatic heterocycles. The number of thioether (sulfide) groups is 1. The molecule has 5 heteroatoms. The highest BCUT2D eigenvalue weighted by Gasteiger charge is 2.14. The van der Waals surface area contributed by atoms with Gasteiger partial charge in [0.2, 0.25) is 0 Å². The summed E-state index contributed by atoms with van der Waals surface area (Å²) in [6.45, 7) is 4.44. The quantitative estimate of drug-likeness (QED) is 0.534. The monoisotopic (exact) mass is 317 g/mol. The molecule has 2 heterocycles. The van der Waals surface area contributed by atoms with Crippen molar-refractivity contribution in [3.63, 3.8) is 0 Å². The zero-order valence-corrected chi connectivity index (χ0v) is 13.9. The summed E-state index contributed by atoms with van der Waals surface area (Å²) in [5, 5.41) is 1.16. The summed E-state index contributed by atoms with van der Waals surface area (Å²) >= 11 is 7.52. The molecule has 1 unspecified atom stereocenters. The molecule has 0 aliphatic rings. The third kappa shape index (κ3) is 2.72. The molecule has 2 aromatic heterocycles. The summed E-state index contributed by atoms with van der Waals surface area (Å²) < 4.78 is 3.04. The van der Waals surface area contributed by atoms with Gasteiger partial charge in [0.15, 0.2) is 4.77 Å². The molecule has 0 saturated heterocycles. The molecule has 0 amide bonds. The minimum Gasteiger partial charge on any atom is -0.329 e. The maximum atomic E-state index is 5.54. The molecular formula is C16H19N3S2. The molecule has 1 N–H and O–H groups in total. The minimum atomic E-state index is 0.385. The Hall–Kier alpha value is -1.33. The van der Waals surface area contributed by atoms with E-state index in [0.717, 1.165) is 33.4 Å². The number of nitrogens with one attached hydrogen (secondary N) is 1. The van der Waals surface area contributed by atoms with Gasteiger partial charge in [0.1, 0.15) is 0 Å². The zero-order valence-electron chi connectivity index (χ0n) is 12.3. The average Bonchev–Trinajstić information content (AvgIpc) is 2.84. The van der Waals surface area contributed by atoms with Crippen molar-refractivity contribution in [3.8, 4) is 0 Å². The highest BCUT2D eigenvalue weighted by Crippen LogP contribution is 2.27. The van der Waals surface area contributed by atoms with Crippen molar-refractivity contribution in [2.75, 3.05) is 11.5 Å². The number of hydrogen-bond acceptors (Lipinski definition) is 3. The summed E-state index contributed by atoms with van der Waals surface area (Å²) in [5.41, 5.74) is 3.22. The third-order valence-electron chi connectivity index (χ3n) is 3.77. The number of hydrogen-bond donors (Lipinski definition) is 1. The van der Waals surface area contributed by atoms with Crippen LogP contribution in [-0.4, -0.2) is 26.0 Å². The summed E-state index contributed by atoms with van der Waals surface area (Å²) in [5.74, 6) is 2.33. The molecule has 21 heavy (non-hydrogen) atoms. The second-order valence-corrected chi connectivity index (χ2v) is 6.95. The molecule has 0 radical (unpaired) electrons. The fourth-order valence-electron chi connectivity index (χ4n) is 2.70. The van der Waals surface area contributed by atoms with E-state index in [4.69, 9.17) is 12.2 Å². The first-order valence-electron chi connectivity index (χ1n) is 7.28. The Kier molecular flexibility index (Phi) is 4.31. The van der Waals surface area contributed by atoms with Crippen LogP contribution in [0.1, 0.15) is 26.3 Å². The Bertz CT molecular complexity index is 819. The smallest absolute Gasteiger partial charge is 0.178 e. The number of para-hydroxylation sites is 1. The SMILES string of the molecule is CCSCCC(C)n1c(=S)[nH]c2cnc3ccccc3c21. The number of H-pyrrole nitrogens is 1. The van der Waals surface area contributed by atoms with E-state index < -0.39 is 0 Å². The number of imidazole rings is 1. The fourth-order valence-corrected chi connectivity index (χ4v) is 3.88. The second kappa shape index (κ2) is 6.20. The minimum absolute atomic E-state index is 0.385. The molecule has 3 aromatic rings. The van der Waals surface area contributed by atoms with Gasteiger partial charge in [0.05, 0.1) is 22.7 Å². The van der Waals surface area contributed by atoms with Gasteiger partial charge in [0, 0.05) is 11.4 Å². The lowest BCUT2D eigenvalue weighted by atomic mass is 10.1. The Morgan fingerprint density at radius 3 is 3.00 bits per heavy atom. The van der Waals surface area contributed by atoms with Crippen molar-refractivity contribution in [1.29, 1.82) is 0 Å². The van der Waals surface area contributed by atoms with Gasteiger partial charge in [-0.05, 0) is 43.1 Å². The molecule has 0 bridgehead atoms. The Morgan fingerprint density at radius 1 is 1.38 bits per heavy atom. The van der Waals surface area contributed by atoms with E-state index in [9.17, 15) is 0 Å². The van der Waals surface area contributed by atoms with Crippen LogP contribution < -0.4 is 0 Å². The van der Waals surface area contributed by atoms with E-state index in [1.165, 1.54) is 11.3 Å². The van der Waals surface area contributed by atoms with Crippen LogP contribution in [0.15, 0.2) is 30.5 Å². The maximum absolute atomic E-state index is 5.54. The highest BCUT2D eigenvalue weighted by molar-refractivity contribution is 7.99. The van der Waals surface area contributed by atoms with Gasteiger partial charge in [-0.2, -0.15) is 11.8 Å². The lowest BCUT2D eigenvalue weighted by Gasteiger charge is -2.15. The van der Waals surface area contributed by atoms with Crippen LogP contribution in [-0.2, 0) is 0 Å². The summed E-state index contributed by atoms with van der Waals surface area (Å²) in [4.78, 5) is 7.80. The number of fused-ring (bicyclic) bond motifs is 3. The normalized spacial score (nSPS) is 13.0. The number of aromatic nitrogens is 3. The van der Waals surface area contributed by atoms with E-state index in [0.29, 0.717) is 6.04 Å².